The van der Waals surface area contributed by atoms with Gasteiger partial charge in [-0.3, -0.25) is 4.21 Å². The van der Waals surface area contributed by atoms with E-state index in [9.17, 15) is 13.4 Å². The molecule has 1 atom stereocenters. The molecule has 1 N–H and O–H groups in total. The van der Waals surface area contributed by atoms with Crippen molar-refractivity contribution >= 4 is 28.1 Å². The highest BCUT2D eigenvalue weighted by atomic mass is 32.2. The van der Waals surface area contributed by atoms with E-state index in [1.165, 1.54) is 17.4 Å². The van der Waals surface area contributed by atoms with Gasteiger partial charge in [0.05, 0.1) is 32.8 Å². The van der Waals surface area contributed by atoms with E-state index < -0.39 is 28.1 Å². The summed E-state index contributed by atoms with van der Waals surface area (Å²) in [7, 11) is -1.44. The van der Waals surface area contributed by atoms with Crippen molar-refractivity contribution in [2.75, 3.05) is 0 Å². The topological polar surface area (TPSA) is 67.3 Å². The molecule has 0 aliphatic carbocycles. The van der Waals surface area contributed by atoms with Crippen LogP contribution in [0, 0.1) is 12.7 Å². The first kappa shape index (κ1) is 13.8. The van der Waals surface area contributed by atoms with Gasteiger partial charge in [-0.15, -0.1) is 11.3 Å². The molecule has 0 spiro atoms. The molecule has 2 rings (SSSR count). The zero-order valence-electron chi connectivity index (χ0n) is 9.92. The first-order valence-electron chi connectivity index (χ1n) is 5.29. The first-order chi connectivity index (χ1) is 8.97. The summed E-state index contributed by atoms with van der Waals surface area (Å²) in [5.41, 5.74) is 0.211. The SMILES string of the molecule is Cc1nc(CS(=O)c2ccc(F)c(C(=O)O)c2)cs1. The van der Waals surface area contributed by atoms with Gasteiger partial charge in [0.25, 0.3) is 0 Å². The molecule has 100 valence electrons. The number of benzene rings is 1. The van der Waals surface area contributed by atoms with Gasteiger partial charge in [0.1, 0.15) is 5.82 Å². The summed E-state index contributed by atoms with van der Waals surface area (Å²) < 4.78 is 25.3. The van der Waals surface area contributed by atoms with Crippen molar-refractivity contribution in [3.05, 3.63) is 45.7 Å². The summed E-state index contributed by atoms with van der Waals surface area (Å²) in [4.78, 5) is 15.3. The Kier molecular flexibility index (Phi) is 4.06. The van der Waals surface area contributed by atoms with Crippen LogP contribution >= 0.6 is 11.3 Å². The number of carboxylic acids is 1. The van der Waals surface area contributed by atoms with Gasteiger partial charge in [-0.25, -0.2) is 14.2 Å². The molecule has 0 saturated carbocycles. The maximum absolute atomic E-state index is 13.2. The van der Waals surface area contributed by atoms with E-state index in [1.54, 1.807) is 5.38 Å². The lowest BCUT2D eigenvalue weighted by molar-refractivity contribution is 0.0691. The van der Waals surface area contributed by atoms with Crippen molar-refractivity contribution < 1.29 is 18.5 Å². The molecule has 1 heterocycles. The number of carboxylic acid groups (broad SMARTS) is 1. The standard InChI is InChI=1S/C12H10FNO3S2/c1-7-14-8(5-18-7)6-19(17)9-2-3-11(13)10(4-9)12(15)16/h2-5H,6H2,1H3,(H,15,16). The summed E-state index contributed by atoms with van der Waals surface area (Å²) in [5, 5.41) is 11.5. The molecule has 0 fully saturated rings. The number of nitrogens with zero attached hydrogens (tertiary/aromatic N) is 1. The molecule has 19 heavy (non-hydrogen) atoms. The van der Waals surface area contributed by atoms with Crippen LogP contribution in [-0.2, 0) is 16.6 Å². The Morgan fingerprint density at radius 2 is 2.26 bits per heavy atom. The molecule has 2 aromatic rings. The van der Waals surface area contributed by atoms with Crippen molar-refractivity contribution in [1.29, 1.82) is 0 Å². The molecule has 0 bridgehead atoms. The first-order valence-corrected chi connectivity index (χ1v) is 7.49. The Hall–Kier alpha value is -1.60. The second-order valence-electron chi connectivity index (χ2n) is 3.79. The third kappa shape index (κ3) is 3.24. The Bertz CT molecular complexity index is 654. The van der Waals surface area contributed by atoms with E-state index in [4.69, 9.17) is 5.11 Å². The third-order valence-electron chi connectivity index (χ3n) is 2.38. The number of rotatable bonds is 4. The zero-order valence-corrected chi connectivity index (χ0v) is 11.6. The minimum atomic E-state index is -1.44. The molecule has 0 radical (unpaired) electrons. The van der Waals surface area contributed by atoms with Gasteiger partial charge in [0, 0.05) is 10.3 Å². The highest BCUT2D eigenvalue weighted by Crippen LogP contribution is 2.18. The van der Waals surface area contributed by atoms with Crippen LogP contribution in [-0.4, -0.2) is 20.3 Å². The number of aromatic carboxylic acids is 1. The fourth-order valence-corrected chi connectivity index (χ4v) is 3.27. The molecule has 0 aliphatic heterocycles. The van der Waals surface area contributed by atoms with E-state index in [2.05, 4.69) is 4.98 Å². The summed E-state index contributed by atoms with van der Waals surface area (Å²) in [6.07, 6.45) is 0. The lowest BCUT2D eigenvalue weighted by atomic mass is 10.2. The summed E-state index contributed by atoms with van der Waals surface area (Å²) >= 11 is 1.45. The Labute approximate surface area is 115 Å². The Balaban J connectivity index is 2.24. The largest absolute Gasteiger partial charge is 0.478 e. The smallest absolute Gasteiger partial charge is 0.338 e. The molecule has 1 aromatic carbocycles. The Morgan fingerprint density at radius 1 is 1.53 bits per heavy atom. The van der Waals surface area contributed by atoms with Crippen LogP contribution in [0.5, 0.6) is 0 Å². The van der Waals surface area contributed by atoms with Gasteiger partial charge in [0.15, 0.2) is 0 Å². The Morgan fingerprint density at radius 3 is 2.84 bits per heavy atom. The minimum absolute atomic E-state index is 0.190. The molecule has 0 saturated heterocycles. The number of hydrogen-bond donors (Lipinski definition) is 1. The zero-order chi connectivity index (χ0) is 14.0. The van der Waals surface area contributed by atoms with Crippen molar-refractivity contribution in [3.8, 4) is 0 Å². The molecule has 4 nitrogen and oxygen atoms in total. The van der Waals surface area contributed by atoms with Crippen molar-refractivity contribution in [3.63, 3.8) is 0 Å². The van der Waals surface area contributed by atoms with E-state index >= 15 is 0 Å². The number of thiazole rings is 1. The monoisotopic (exact) mass is 299 g/mol. The maximum atomic E-state index is 13.2. The predicted molar refractivity (Wildman–Crippen MR) is 70.3 cm³/mol. The van der Waals surface area contributed by atoms with Crippen LogP contribution < -0.4 is 0 Å². The molecule has 0 aliphatic rings. The van der Waals surface area contributed by atoms with Gasteiger partial charge < -0.3 is 5.11 Å². The van der Waals surface area contributed by atoms with E-state index in [-0.39, 0.29) is 10.6 Å². The average molecular weight is 299 g/mol. The third-order valence-corrected chi connectivity index (χ3v) is 4.54. The van der Waals surface area contributed by atoms with E-state index in [0.29, 0.717) is 5.69 Å². The van der Waals surface area contributed by atoms with Crippen molar-refractivity contribution in [1.82, 2.24) is 4.98 Å². The number of aromatic nitrogens is 1. The predicted octanol–water partition coefficient (Wildman–Crippen LogP) is 2.60. The second kappa shape index (κ2) is 5.58. The maximum Gasteiger partial charge on any atom is 0.338 e. The average Bonchev–Trinajstić information content (AvgIpc) is 2.74. The molecular weight excluding hydrogens is 289 g/mol. The van der Waals surface area contributed by atoms with Crippen LogP contribution in [0.15, 0.2) is 28.5 Å². The number of halogens is 1. The van der Waals surface area contributed by atoms with Gasteiger partial charge in [-0.2, -0.15) is 0 Å². The molecule has 0 amide bonds. The lowest BCUT2D eigenvalue weighted by Gasteiger charge is -2.03. The van der Waals surface area contributed by atoms with Crippen LogP contribution in [0.25, 0.3) is 0 Å². The molecular formula is C12H10FNO3S2. The summed E-state index contributed by atoms with van der Waals surface area (Å²) in [6, 6.07) is 3.45. The second-order valence-corrected chi connectivity index (χ2v) is 6.31. The van der Waals surface area contributed by atoms with Crippen molar-refractivity contribution in [2.24, 2.45) is 0 Å². The normalized spacial score (nSPS) is 12.3. The molecule has 7 heteroatoms. The quantitative estimate of drug-likeness (QED) is 0.942. The fraction of sp³-hybridized carbons (Fsp3) is 0.167. The van der Waals surface area contributed by atoms with Gasteiger partial charge in [0.2, 0.25) is 0 Å². The highest BCUT2D eigenvalue weighted by molar-refractivity contribution is 7.84. The molecule has 1 aromatic heterocycles. The van der Waals surface area contributed by atoms with Crippen LogP contribution in [0.1, 0.15) is 21.1 Å². The van der Waals surface area contributed by atoms with Gasteiger partial charge >= 0.3 is 5.97 Å². The summed E-state index contributed by atoms with van der Waals surface area (Å²) in [5.74, 6) is -2.02. The molecule has 1 unspecified atom stereocenters. The number of aryl methyl sites for hydroxylation is 1. The van der Waals surface area contributed by atoms with Crippen LogP contribution in [0.3, 0.4) is 0 Å². The summed E-state index contributed by atoms with van der Waals surface area (Å²) in [6.45, 7) is 1.84. The van der Waals surface area contributed by atoms with E-state index in [1.807, 2.05) is 6.92 Å². The van der Waals surface area contributed by atoms with Gasteiger partial charge in [-0.1, -0.05) is 0 Å². The number of carbonyl (C=O) groups is 1. The minimum Gasteiger partial charge on any atom is -0.478 e. The highest BCUT2D eigenvalue weighted by Gasteiger charge is 2.14. The van der Waals surface area contributed by atoms with Crippen LogP contribution in [0.4, 0.5) is 4.39 Å². The number of hydrogen-bond acceptors (Lipinski definition) is 4. The van der Waals surface area contributed by atoms with Crippen LogP contribution in [0.2, 0.25) is 0 Å². The van der Waals surface area contributed by atoms with E-state index in [0.717, 1.165) is 17.1 Å². The van der Waals surface area contributed by atoms with Crippen molar-refractivity contribution in [2.45, 2.75) is 17.6 Å². The van der Waals surface area contributed by atoms with Gasteiger partial charge in [-0.05, 0) is 25.1 Å². The lowest BCUT2D eigenvalue weighted by Crippen LogP contribution is -2.04. The fourth-order valence-electron chi connectivity index (χ4n) is 1.50.